The highest BCUT2D eigenvalue weighted by Gasteiger charge is 2.16. The van der Waals surface area contributed by atoms with Crippen molar-refractivity contribution in [3.8, 4) is 49.2 Å². The van der Waals surface area contributed by atoms with Crippen molar-refractivity contribution in [1.29, 1.82) is 0 Å². The Morgan fingerprint density at radius 1 is 0.365 bits per heavy atom. The Morgan fingerprint density at radius 3 is 0.968 bits per heavy atom. The van der Waals surface area contributed by atoms with Crippen LogP contribution >= 0.6 is 34.0 Å². The minimum Gasteiger partial charge on any atom is -0.299 e. The van der Waals surface area contributed by atoms with Gasteiger partial charge in [-0.15, -0.1) is 34.0 Å². The SMILES string of the molecule is Cc1ccccc1-n1ccnc1-c1ccc(CCc2cc(CCc3ccc(-c4nccn4-c4ccccc4C)s3)cc(CCc3ccc(-c4nccn4-c4ccccc4C)s3)c2)s1. The maximum absolute atomic E-state index is 4.79. The average Bonchev–Trinajstić information content (AvgIpc) is 4.16. The molecule has 4 aromatic carbocycles. The minimum absolute atomic E-state index is 0.988. The number of rotatable bonds is 15. The summed E-state index contributed by atoms with van der Waals surface area (Å²) in [6, 6.07) is 46.5. The third-order valence-electron chi connectivity index (χ3n) is 11.8. The molecule has 63 heavy (non-hydrogen) atoms. The molecule has 0 N–H and O–H groups in total. The van der Waals surface area contributed by atoms with Gasteiger partial charge in [0.05, 0.1) is 14.6 Å². The molecule has 0 saturated carbocycles. The minimum atomic E-state index is 0.988. The van der Waals surface area contributed by atoms with Crippen LogP contribution in [0.25, 0.3) is 49.2 Å². The monoisotopic (exact) mass is 876 g/mol. The molecule has 0 fully saturated rings. The fourth-order valence-corrected chi connectivity index (χ4v) is 11.5. The zero-order valence-corrected chi connectivity index (χ0v) is 38.2. The average molecular weight is 877 g/mol. The Balaban J connectivity index is 0.875. The molecular weight excluding hydrogens is 829 g/mol. The van der Waals surface area contributed by atoms with Gasteiger partial charge in [0, 0.05) is 68.9 Å². The molecule has 0 amide bonds. The number of hydrogen-bond acceptors (Lipinski definition) is 6. The summed E-state index contributed by atoms with van der Waals surface area (Å²) in [5.41, 5.74) is 11.4. The lowest BCUT2D eigenvalue weighted by Gasteiger charge is -2.11. The molecule has 0 atom stereocenters. The number of aromatic nitrogens is 6. The van der Waals surface area contributed by atoms with Gasteiger partial charge in [0.15, 0.2) is 17.5 Å². The summed E-state index contributed by atoms with van der Waals surface area (Å²) < 4.78 is 6.64. The fraction of sp³-hybridized carbons (Fsp3) is 0.167. The van der Waals surface area contributed by atoms with E-state index < -0.39 is 0 Å². The molecule has 6 heterocycles. The van der Waals surface area contributed by atoms with E-state index in [4.69, 9.17) is 15.0 Å². The van der Waals surface area contributed by atoms with Crippen LogP contribution in [0.2, 0.25) is 0 Å². The Bertz CT molecular complexity index is 2800. The lowest BCUT2D eigenvalue weighted by atomic mass is 9.97. The molecule has 0 spiro atoms. The largest absolute Gasteiger partial charge is 0.299 e. The Hall–Kier alpha value is -6.39. The third kappa shape index (κ3) is 8.82. The van der Waals surface area contributed by atoms with Crippen LogP contribution in [-0.2, 0) is 38.5 Å². The number of nitrogens with zero attached hydrogens (tertiary/aromatic N) is 6. The Kier molecular flexibility index (Phi) is 11.7. The van der Waals surface area contributed by atoms with Gasteiger partial charge in [-0.05, 0) is 147 Å². The predicted octanol–water partition coefficient (Wildman–Crippen LogP) is 13.7. The molecule has 0 aliphatic rings. The fourth-order valence-electron chi connectivity index (χ4n) is 8.51. The summed E-state index contributed by atoms with van der Waals surface area (Å²) in [6.07, 6.45) is 17.9. The summed E-state index contributed by atoms with van der Waals surface area (Å²) in [5, 5.41) is 0. The van der Waals surface area contributed by atoms with Crippen molar-refractivity contribution in [3.05, 3.63) is 213 Å². The number of hydrogen-bond donors (Lipinski definition) is 0. The molecule has 6 aromatic heterocycles. The van der Waals surface area contributed by atoms with Crippen LogP contribution in [0, 0.1) is 20.8 Å². The highest BCUT2D eigenvalue weighted by Crippen LogP contribution is 2.34. The second-order valence-electron chi connectivity index (χ2n) is 16.2. The molecule has 0 unspecified atom stereocenters. The highest BCUT2D eigenvalue weighted by molar-refractivity contribution is 7.16. The van der Waals surface area contributed by atoms with Crippen LogP contribution in [-0.4, -0.2) is 28.7 Å². The molecule has 0 radical (unpaired) electrons. The van der Waals surface area contributed by atoms with E-state index in [0.717, 1.165) is 56.0 Å². The summed E-state index contributed by atoms with van der Waals surface area (Å²) in [5.74, 6) is 2.99. The summed E-state index contributed by atoms with van der Waals surface area (Å²) in [4.78, 5) is 22.1. The Morgan fingerprint density at radius 2 is 0.667 bits per heavy atom. The van der Waals surface area contributed by atoms with Crippen LogP contribution in [0.15, 0.2) is 165 Å². The van der Waals surface area contributed by atoms with Crippen molar-refractivity contribution < 1.29 is 0 Å². The zero-order valence-electron chi connectivity index (χ0n) is 35.7. The van der Waals surface area contributed by atoms with Crippen LogP contribution in [0.1, 0.15) is 48.0 Å². The molecule has 312 valence electrons. The van der Waals surface area contributed by atoms with E-state index in [0.29, 0.717) is 0 Å². The number of aryl methyl sites for hydroxylation is 9. The van der Waals surface area contributed by atoms with E-state index in [1.54, 1.807) is 0 Å². The third-order valence-corrected chi connectivity index (χ3v) is 15.2. The van der Waals surface area contributed by atoms with E-state index in [1.807, 2.05) is 52.6 Å². The zero-order chi connectivity index (χ0) is 42.7. The van der Waals surface area contributed by atoms with E-state index in [9.17, 15) is 0 Å². The molecule has 10 rings (SSSR count). The molecule has 0 saturated heterocycles. The van der Waals surface area contributed by atoms with E-state index >= 15 is 0 Å². The number of para-hydroxylation sites is 3. The van der Waals surface area contributed by atoms with Crippen LogP contribution < -0.4 is 0 Å². The topological polar surface area (TPSA) is 53.5 Å². The first-order chi connectivity index (χ1) is 30.9. The van der Waals surface area contributed by atoms with Gasteiger partial charge in [0.1, 0.15) is 0 Å². The predicted molar refractivity (Wildman–Crippen MR) is 264 cm³/mol. The van der Waals surface area contributed by atoms with Crippen molar-refractivity contribution >= 4 is 34.0 Å². The molecule has 0 aliphatic carbocycles. The van der Waals surface area contributed by atoms with Gasteiger partial charge in [-0.25, -0.2) is 15.0 Å². The molecule has 0 aliphatic heterocycles. The van der Waals surface area contributed by atoms with Crippen molar-refractivity contribution in [2.24, 2.45) is 0 Å². The van der Waals surface area contributed by atoms with Crippen molar-refractivity contribution in [1.82, 2.24) is 28.7 Å². The van der Waals surface area contributed by atoms with Crippen molar-refractivity contribution in [3.63, 3.8) is 0 Å². The normalized spacial score (nSPS) is 11.5. The smallest absolute Gasteiger partial charge is 0.154 e. The first-order valence-electron chi connectivity index (χ1n) is 21.6. The lowest BCUT2D eigenvalue weighted by Crippen LogP contribution is -1.99. The van der Waals surface area contributed by atoms with Gasteiger partial charge in [-0.2, -0.15) is 0 Å². The number of imidazole rings is 3. The number of benzene rings is 4. The lowest BCUT2D eigenvalue weighted by molar-refractivity contribution is 0.919. The van der Waals surface area contributed by atoms with Gasteiger partial charge >= 0.3 is 0 Å². The van der Waals surface area contributed by atoms with Crippen LogP contribution in [0.5, 0.6) is 0 Å². The highest BCUT2D eigenvalue weighted by atomic mass is 32.1. The number of thiophene rings is 3. The standard InChI is InChI=1S/C54H48N6S3/c1-37-10-4-7-13-46(37)58-31-28-55-52(58)49-25-22-43(61-49)19-16-40-34-41(17-20-44-23-26-50(62-44)53-56-29-32-59(53)47-14-8-5-11-38(47)2)36-42(35-40)18-21-45-24-27-51(63-45)54-57-30-33-60(54)48-15-9-6-12-39(48)3/h4-15,22-36H,16-21H2,1-3H3. The molecule has 6 nitrogen and oxygen atoms in total. The van der Waals surface area contributed by atoms with Gasteiger partial charge < -0.3 is 0 Å². The van der Waals surface area contributed by atoms with Crippen LogP contribution in [0.3, 0.4) is 0 Å². The van der Waals surface area contributed by atoms with Crippen molar-refractivity contribution in [2.75, 3.05) is 0 Å². The summed E-state index contributed by atoms with van der Waals surface area (Å²) in [7, 11) is 0. The van der Waals surface area contributed by atoms with Gasteiger partial charge in [0.2, 0.25) is 0 Å². The first-order valence-corrected chi connectivity index (χ1v) is 24.1. The second-order valence-corrected chi connectivity index (χ2v) is 19.7. The van der Waals surface area contributed by atoms with E-state index in [1.165, 1.54) is 79.7 Å². The van der Waals surface area contributed by atoms with E-state index in [2.05, 4.69) is 180 Å². The maximum Gasteiger partial charge on any atom is 0.154 e. The quantitative estimate of drug-likeness (QED) is 0.103. The Labute approximate surface area is 381 Å². The molecule has 9 heteroatoms. The first kappa shape index (κ1) is 40.7. The molecule has 10 aromatic rings. The summed E-state index contributed by atoms with van der Waals surface area (Å²) >= 11 is 5.57. The van der Waals surface area contributed by atoms with Crippen LogP contribution in [0.4, 0.5) is 0 Å². The molecule has 0 bridgehead atoms. The van der Waals surface area contributed by atoms with E-state index in [-0.39, 0.29) is 0 Å². The van der Waals surface area contributed by atoms with Gasteiger partial charge in [-0.1, -0.05) is 72.8 Å². The second kappa shape index (κ2) is 18.1. The van der Waals surface area contributed by atoms with Gasteiger partial charge in [0.25, 0.3) is 0 Å². The maximum atomic E-state index is 4.79. The van der Waals surface area contributed by atoms with Crippen molar-refractivity contribution in [2.45, 2.75) is 59.3 Å². The van der Waals surface area contributed by atoms with Gasteiger partial charge in [-0.3, -0.25) is 13.7 Å². The summed E-state index contributed by atoms with van der Waals surface area (Å²) in [6.45, 7) is 6.47. The molecular formula is C54H48N6S3.